The molecule has 0 N–H and O–H groups in total. The lowest BCUT2D eigenvalue weighted by Gasteiger charge is -2.00. The molecule has 0 bridgehead atoms. The molecule has 0 aliphatic rings. The van der Waals surface area contributed by atoms with Gasteiger partial charge in [0.05, 0.1) is 10.0 Å². The Morgan fingerprint density at radius 3 is 2.56 bits per heavy atom. The van der Waals surface area contributed by atoms with Crippen molar-refractivity contribution in [1.82, 2.24) is 0 Å². The van der Waals surface area contributed by atoms with Gasteiger partial charge in [-0.2, -0.15) is 0 Å². The first-order chi connectivity index (χ1) is 7.69. The van der Waals surface area contributed by atoms with Crippen LogP contribution in [0.4, 0.5) is 0 Å². The number of aldehydes is 1. The Bertz CT molecular complexity index is 517. The van der Waals surface area contributed by atoms with Crippen LogP contribution in [-0.2, 0) is 6.42 Å². The van der Waals surface area contributed by atoms with Gasteiger partial charge in [-0.1, -0.05) is 29.3 Å². The molecule has 4 heteroatoms. The number of carbonyl (C=O) groups excluding carboxylic acids is 1. The van der Waals surface area contributed by atoms with E-state index in [-0.39, 0.29) is 0 Å². The SMILES string of the molecule is O=Cc1ccc(Cc2ccc(Cl)c(Cl)c2)o1. The zero-order chi connectivity index (χ0) is 11.5. The van der Waals surface area contributed by atoms with Gasteiger partial charge < -0.3 is 4.42 Å². The number of carbonyl (C=O) groups is 1. The van der Waals surface area contributed by atoms with Gasteiger partial charge in [0.2, 0.25) is 0 Å². The molecule has 0 radical (unpaired) electrons. The first-order valence-electron chi connectivity index (χ1n) is 4.67. The van der Waals surface area contributed by atoms with Crippen molar-refractivity contribution in [3.63, 3.8) is 0 Å². The average molecular weight is 255 g/mol. The van der Waals surface area contributed by atoms with Crippen LogP contribution in [0.15, 0.2) is 34.7 Å². The van der Waals surface area contributed by atoms with E-state index in [1.165, 1.54) is 0 Å². The maximum absolute atomic E-state index is 10.4. The molecule has 0 aliphatic heterocycles. The van der Waals surface area contributed by atoms with Crippen LogP contribution in [-0.4, -0.2) is 6.29 Å². The van der Waals surface area contributed by atoms with Crippen molar-refractivity contribution in [2.45, 2.75) is 6.42 Å². The van der Waals surface area contributed by atoms with Crippen molar-refractivity contribution >= 4 is 29.5 Å². The van der Waals surface area contributed by atoms with Crippen molar-refractivity contribution < 1.29 is 9.21 Å². The molecule has 1 aromatic carbocycles. The van der Waals surface area contributed by atoms with E-state index in [9.17, 15) is 4.79 Å². The second kappa shape index (κ2) is 4.73. The lowest BCUT2D eigenvalue weighted by molar-refractivity contribution is 0.109. The minimum atomic E-state index is 0.329. The fourth-order valence-corrected chi connectivity index (χ4v) is 1.72. The van der Waals surface area contributed by atoms with E-state index < -0.39 is 0 Å². The van der Waals surface area contributed by atoms with Gasteiger partial charge in [0, 0.05) is 6.42 Å². The minimum absolute atomic E-state index is 0.329. The lowest BCUT2D eigenvalue weighted by atomic mass is 10.1. The highest BCUT2D eigenvalue weighted by Crippen LogP contribution is 2.24. The topological polar surface area (TPSA) is 30.2 Å². The van der Waals surface area contributed by atoms with Crippen LogP contribution in [0.2, 0.25) is 10.0 Å². The molecule has 0 amide bonds. The third-order valence-electron chi connectivity index (χ3n) is 2.16. The van der Waals surface area contributed by atoms with Crippen LogP contribution >= 0.6 is 23.2 Å². The highest BCUT2D eigenvalue weighted by Gasteiger charge is 2.04. The predicted octanol–water partition coefficient (Wildman–Crippen LogP) is 3.99. The summed E-state index contributed by atoms with van der Waals surface area (Å²) < 4.78 is 5.26. The molecule has 1 aromatic heterocycles. The molecule has 0 unspecified atom stereocenters. The Labute approximate surface area is 103 Å². The fourth-order valence-electron chi connectivity index (χ4n) is 1.40. The Kier molecular flexibility index (Phi) is 3.32. The quantitative estimate of drug-likeness (QED) is 0.776. The summed E-state index contributed by atoms with van der Waals surface area (Å²) >= 11 is 11.7. The van der Waals surface area contributed by atoms with Crippen molar-refractivity contribution in [2.24, 2.45) is 0 Å². The van der Waals surface area contributed by atoms with Gasteiger partial charge >= 0.3 is 0 Å². The van der Waals surface area contributed by atoms with Crippen molar-refractivity contribution in [3.05, 3.63) is 57.5 Å². The summed E-state index contributed by atoms with van der Waals surface area (Å²) in [5.41, 5.74) is 0.987. The highest BCUT2D eigenvalue weighted by molar-refractivity contribution is 6.42. The van der Waals surface area contributed by atoms with Crippen LogP contribution in [0.1, 0.15) is 21.9 Å². The zero-order valence-corrected chi connectivity index (χ0v) is 9.76. The number of halogens is 2. The van der Waals surface area contributed by atoms with Gasteiger partial charge in [0.1, 0.15) is 5.76 Å². The van der Waals surface area contributed by atoms with Crippen molar-refractivity contribution in [3.8, 4) is 0 Å². The Hall–Kier alpha value is -1.25. The smallest absolute Gasteiger partial charge is 0.185 e. The summed E-state index contributed by atoms with van der Waals surface area (Å²) in [6, 6.07) is 8.80. The Morgan fingerprint density at radius 2 is 1.94 bits per heavy atom. The molecule has 2 rings (SSSR count). The van der Waals surface area contributed by atoms with Gasteiger partial charge in [0.25, 0.3) is 0 Å². The van der Waals surface area contributed by atoms with E-state index in [1.807, 2.05) is 6.07 Å². The molecule has 0 saturated carbocycles. The second-order valence-electron chi connectivity index (χ2n) is 3.35. The molecule has 2 aromatic rings. The van der Waals surface area contributed by atoms with Crippen molar-refractivity contribution in [2.75, 3.05) is 0 Å². The van der Waals surface area contributed by atoms with Crippen LogP contribution < -0.4 is 0 Å². The van der Waals surface area contributed by atoms with E-state index in [4.69, 9.17) is 27.6 Å². The number of hydrogen-bond acceptors (Lipinski definition) is 2. The summed E-state index contributed by atoms with van der Waals surface area (Å²) in [7, 11) is 0. The number of furan rings is 1. The number of benzene rings is 1. The van der Waals surface area contributed by atoms with Crippen LogP contribution in [0.3, 0.4) is 0 Å². The molecular formula is C12H8Cl2O2. The van der Waals surface area contributed by atoms with E-state index in [0.29, 0.717) is 28.5 Å². The maximum atomic E-state index is 10.4. The lowest BCUT2D eigenvalue weighted by Crippen LogP contribution is -1.85. The summed E-state index contributed by atoms with van der Waals surface area (Å²) in [5.74, 6) is 1.05. The average Bonchev–Trinajstić information content (AvgIpc) is 2.71. The largest absolute Gasteiger partial charge is 0.458 e. The first-order valence-corrected chi connectivity index (χ1v) is 5.42. The van der Waals surface area contributed by atoms with E-state index in [2.05, 4.69) is 0 Å². The Balaban J connectivity index is 2.20. The fraction of sp³-hybridized carbons (Fsp3) is 0.0833. The van der Waals surface area contributed by atoms with Crippen LogP contribution in [0.5, 0.6) is 0 Å². The molecule has 82 valence electrons. The molecule has 0 fully saturated rings. The van der Waals surface area contributed by atoms with Gasteiger partial charge in [-0.15, -0.1) is 0 Å². The summed E-state index contributed by atoms with van der Waals surface area (Å²) in [4.78, 5) is 10.4. The summed E-state index contributed by atoms with van der Waals surface area (Å²) in [6.07, 6.45) is 1.27. The summed E-state index contributed by atoms with van der Waals surface area (Å²) in [5, 5.41) is 1.04. The van der Waals surface area contributed by atoms with E-state index >= 15 is 0 Å². The Morgan fingerprint density at radius 1 is 1.12 bits per heavy atom. The summed E-state index contributed by atoms with van der Waals surface area (Å²) in [6.45, 7) is 0. The highest BCUT2D eigenvalue weighted by atomic mass is 35.5. The third-order valence-corrected chi connectivity index (χ3v) is 2.90. The van der Waals surface area contributed by atoms with Crippen LogP contribution in [0.25, 0.3) is 0 Å². The molecule has 1 heterocycles. The van der Waals surface area contributed by atoms with Crippen molar-refractivity contribution in [1.29, 1.82) is 0 Å². The van der Waals surface area contributed by atoms with Gasteiger partial charge in [-0.05, 0) is 29.8 Å². The molecule has 16 heavy (non-hydrogen) atoms. The molecule has 0 spiro atoms. The molecule has 0 saturated heterocycles. The van der Waals surface area contributed by atoms with Gasteiger partial charge in [0.15, 0.2) is 12.0 Å². The van der Waals surface area contributed by atoms with E-state index in [1.54, 1.807) is 24.3 Å². The maximum Gasteiger partial charge on any atom is 0.185 e. The number of rotatable bonds is 3. The molecule has 2 nitrogen and oxygen atoms in total. The second-order valence-corrected chi connectivity index (χ2v) is 4.16. The standard InChI is InChI=1S/C12H8Cl2O2/c13-11-4-1-8(6-12(11)14)5-9-2-3-10(7-15)16-9/h1-4,6-7H,5H2. The zero-order valence-electron chi connectivity index (χ0n) is 8.24. The third kappa shape index (κ3) is 2.46. The number of hydrogen-bond donors (Lipinski definition) is 0. The van der Waals surface area contributed by atoms with E-state index in [0.717, 1.165) is 11.3 Å². The first kappa shape index (κ1) is 11.2. The monoisotopic (exact) mass is 254 g/mol. The normalized spacial score (nSPS) is 10.4. The molecular weight excluding hydrogens is 247 g/mol. The predicted molar refractivity (Wildman–Crippen MR) is 63.4 cm³/mol. The molecule has 0 aliphatic carbocycles. The molecule has 0 atom stereocenters. The minimum Gasteiger partial charge on any atom is -0.458 e. The van der Waals surface area contributed by atoms with Gasteiger partial charge in [-0.3, -0.25) is 4.79 Å². The van der Waals surface area contributed by atoms with Crippen LogP contribution in [0, 0.1) is 0 Å². The van der Waals surface area contributed by atoms with Gasteiger partial charge in [-0.25, -0.2) is 0 Å².